The van der Waals surface area contributed by atoms with Crippen molar-refractivity contribution in [3.05, 3.63) is 51.6 Å². The molecule has 0 aliphatic heterocycles. The Bertz CT molecular complexity index is 1170. The first-order valence-electron chi connectivity index (χ1n) is 10.1. The number of hydrogen-bond donors (Lipinski definition) is 1. The number of aryl methyl sites for hydroxylation is 2. The maximum absolute atomic E-state index is 12.6. The number of carbonyl (C=O) groups is 1. The van der Waals surface area contributed by atoms with E-state index < -0.39 is 4.92 Å². The molecule has 0 saturated carbocycles. The lowest BCUT2D eigenvalue weighted by molar-refractivity contribution is -0.384. The minimum atomic E-state index is -0.495. The smallest absolute Gasteiger partial charge is 0.293 e. The summed E-state index contributed by atoms with van der Waals surface area (Å²) >= 11 is 1.20. The SMILES string of the molecule is CCn1c(SCC(=O)Nc2c(C)cc(C)cc2[N+](=O)[O-])nnc1-c1cc(OC)cc(OC)c1. The standard InChI is InChI=1S/C22H25N5O5S/c1-6-26-21(15-9-16(31-4)11-17(10-15)32-5)24-25-22(26)33-12-19(28)23-20-14(3)7-13(2)8-18(20)27(29)30/h7-11H,6,12H2,1-5H3,(H,23,28). The number of nitro benzene ring substituents is 1. The average Bonchev–Trinajstić information content (AvgIpc) is 3.21. The Morgan fingerprint density at radius 1 is 1.12 bits per heavy atom. The van der Waals surface area contributed by atoms with E-state index >= 15 is 0 Å². The second kappa shape index (κ2) is 10.3. The van der Waals surface area contributed by atoms with E-state index in [9.17, 15) is 14.9 Å². The highest BCUT2D eigenvalue weighted by Gasteiger charge is 2.20. The van der Waals surface area contributed by atoms with Gasteiger partial charge in [-0.15, -0.1) is 10.2 Å². The Kier molecular flexibility index (Phi) is 7.54. The van der Waals surface area contributed by atoms with Crippen LogP contribution < -0.4 is 14.8 Å². The van der Waals surface area contributed by atoms with E-state index in [4.69, 9.17) is 9.47 Å². The maximum Gasteiger partial charge on any atom is 0.293 e. The summed E-state index contributed by atoms with van der Waals surface area (Å²) in [5.74, 6) is 1.51. The molecule has 3 aromatic rings. The monoisotopic (exact) mass is 471 g/mol. The van der Waals surface area contributed by atoms with Crippen LogP contribution in [0.1, 0.15) is 18.1 Å². The van der Waals surface area contributed by atoms with Gasteiger partial charge in [0.25, 0.3) is 5.69 Å². The molecule has 11 heteroatoms. The number of thioether (sulfide) groups is 1. The average molecular weight is 472 g/mol. The van der Waals surface area contributed by atoms with Gasteiger partial charge in [0.15, 0.2) is 11.0 Å². The van der Waals surface area contributed by atoms with Crippen molar-refractivity contribution >= 4 is 29.0 Å². The first-order valence-corrected chi connectivity index (χ1v) is 11.1. The van der Waals surface area contributed by atoms with Gasteiger partial charge >= 0.3 is 0 Å². The molecule has 2 aromatic carbocycles. The fourth-order valence-corrected chi connectivity index (χ4v) is 4.19. The van der Waals surface area contributed by atoms with Crippen LogP contribution in [-0.2, 0) is 11.3 Å². The zero-order valence-corrected chi connectivity index (χ0v) is 19.9. The lowest BCUT2D eigenvalue weighted by Crippen LogP contribution is -2.16. The summed E-state index contributed by atoms with van der Waals surface area (Å²) in [6, 6.07) is 8.66. The molecule has 0 aliphatic rings. The van der Waals surface area contributed by atoms with Crippen LogP contribution in [0.4, 0.5) is 11.4 Å². The number of nitrogens with one attached hydrogen (secondary N) is 1. The highest BCUT2D eigenvalue weighted by Crippen LogP contribution is 2.32. The van der Waals surface area contributed by atoms with E-state index in [1.807, 2.05) is 23.6 Å². The number of amides is 1. The highest BCUT2D eigenvalue weighted by atomic mass is 32.2. The number of benzene rings is 2. The summed E-state index contributed by atoms with van der Waals surface area (Å²) in [7, 11) is 3.15. The van der Waals surface area contributed by atoms with Gasteiger partial charge in [0, 0.05) is 24.2 Å². The molecule has 33 heavy (non-hydrogen) atoms. The van der Waals surface area contributed by atoms with Crippen molar-refractivity contribution in [3.8, 4) is 22.9 Å². The molecule has 3 rings (SSSR count). The van der Waals surface area contributed by atoms with E-state index in [-0.39, 0.29) is 23.0 Å². The number of rotatable bonds is 9. The maximum atomic E-state index is 12.6. The predicted molar refractivity (Wildman–Crippen MR) is 126 cm³/mol. The van der Waals surface area contributed by atoms with Gasteiger partial charge in [0.2, 0.25) is 5.91 Å². The second-order valence-electron chi connectivity index (χ2n) is 7.22. The second-order valence-corrected chi connectivity index (χ2v) is 8.16. The van der Waals surface area contributed by atoms with Crippen molar-refractivity contribution in [2.45, 2.75) is 32.5 Å². The number of ether oxygens (including phenoxy) is 2. The quantitative estimate of drug-likeness (QED) is 0.279. The molecule has 174 valence electrons. The van der Waals surface area contributed by atoms with Crippen molar-refractivity contribution in [1.82, 2.24) is 14.8 Å². The molecular weight excluding hydrogens is 446 g/mol. The van der Waals surface area contributed by atoms with Crippen molar-refractivity contribution in [2.24, 2.45) is 0 Å². The van der Waals surface area contributed by atoms with Gasteiger partial charge < -0.3 is 19.4 Å². The summed E-state index contributed by atoms with van der Waals surface area (Å²) in [6.45, 7) is 6.03. The zero-order chi connectivity index (χ0) is 24.1. The Labute approximate surface area is 195 Å². The van der Waals surface area contributed by atoms with Crippen LogP contribution in [0.2, 0.25) is 0 Å². The van der Waals surface area contributed by atoms with Gasteiger partial charge in [-0.3, -0.25) is 14.9 Å². The summed E-state index contributed by atoms with van der Waals surface area (Å²) < 4.78 is 12.5. The molecular formula is C22H25N5O5S. The Morgan fingerprint density at radius 3 is 2.36 bits per heavy atom. The highest BCUT2D eigenvalue weighted by molar-refractivity contribution is 7.99. The van der Waals surface area contributed by atoms with Crippen molar-refractivity contribution in [2.75, 3.05) is 25.3 Å². The van der Waals surface area contributed by atoms with E-state index in [1.165, 1.54) is 17.8 Å². The van der Waals surface area contributed by atoms with E-state index in [1.54, 1.807) is 40.2 Å². The van der Waals surface area contributed by atoms with Crippen LogP contribution >= 0.6 is 11.8 Å². The fourth-order valence-electron chi connectivity index (χ4n) is 3.39. The van der Waals surface area contributed by atoms with Crippen molar-refractivity contribution in [1.29, 1.82) is 0 Å². The van der Waals surface area contributed by atoms with Crippen molar-refractivity contribution in [3.63, 3.8) is 0 Å². The number of nitrogens with zero attached hydrogens (tertiary/aromatic N) is 4. The zero-order valence-electron chi connectivity index (χ0n) is 19.0. The number of methoxy groups -OCH3 is 2. The van der Waals surface area contributed by atoms with Gasteiger partial charge in [-0.25, -0.2) is 0 Å². The minimum Gasteiger partial charge on any atom is -0.497 e. The molecule has 1 aromatic heterocycles. The lowest BCUT2D eigenvalue weighted by atomic mass is 10.1. The molecule has 0 saturated heterocycles. The lowest BCUT2D eigenvalue weighted by Gasteiger charge is -2.11. The Hall–Kier alpha value is -3.60. The number of hydrogen-bond acceptors (Lipinski definition) is 8. The van der Waals surface area contributed by atoms with Crippen molar-refractivity contribution < 1.29 is 19.2 Å². The molecule has 0 aliphatic carbocycles. The summed E-state index contributed by atoms with van der Waals surface area (Å²) in [4.78, 5) is 23.5. The molecule has 1 N–H and O–H groups in total. The van der Waals surface area contributed by atoms with E-state index in [0.29, 0.717) is 34.6 Å². The number of nitro groups is 1. The molecule has 0 atom stereocenters. The normalized spacial score (nSPS) is 10.7. The summed E-state index contributed by atoms with van der Waals surface area (Å²) in [5.41, 5.74) is 2.23. The van der Waals surface area contributed by atoms with Gasteiger partial charge in [0.05, 0.1) is 24.9 Å². The van der Waals surface area contributed by atoms with Crippen LogP contribution in [0.5, 0.6) is 11.5 Å². The van der Waals surface area contributed by atoms with Crippen LogP contribution in [0.25, 0.3) is 11.4 Å². The summed E-state index contributed by atoms with van der Waals surface area (Å²) in [5, 5.41) is 23.2. The number of aromatic nitrogens is 3. The third-order valence-corrected chi connectivity index (χ3v) is 5.86. The predicted octanol–water partition coefficient (Wildman–Crippen LogP) is 4.24. The van der Waals surface area contributed by atoms with Crippen LogP contribution in [-0.4, -0.2) is 45.6 Å². The first kappa shape index (κ1) is 24.1. The Balaban J connectivity index is 1.79. The third-order valence-electron chi connectivity index (χ3n) is 4.90. The van der Waals surface area contributed by atoms with Crippen LogP contribution in [0.15, 0.2) is 35.5 Å². The molecule has 0 radical (unpaired) electrons. The molecule has 0 spiro atoms. The van der Waals surface area contributed by atoms with Gasteiger partial charge in [-0.1, -0.05) is 17.8 Å². The van der Waals surface area contributed by atoms with Gasteiger partial charge in [-0.2, -0.15) is 0 Å². The molecule has 0 unspecified atom stereocenters. The Morgan fingerprint density at radius 2 is 1.79 bits per heavy atom. The molecule has 1 heterocycles. The largest absolute Gasteiger partial charge is 0.497 e. The molecule has 1 amide bonds. The fraction of sp³-hybridized carbons (Fsp3) is 0.318. The summed E-state index contributed by atoms with van der Waals surface area (Å²) in [6.07, 6.45) is 0. The van der Waals surface area contributed by atoms with Crippen LogP contribution in [0.3, 0.4) is 0 Å². The molecule has 0 fully saturated rings. The molecule has 10 nitrogen and oxygen atoms in total. The van der Waals surface area contributed by atoms with Crippen LogP contribution in [0, 0.1) is 24.0 Å². The van der Waals surface area contributed by atoms with E-state index in [2.05, 4.69) is 15.5 Å². The number of anilines is 1. The minimum absolute atomic E-state index is 0.0179. The van der Waals surface area contributed by atoms with Gasteiger partial charge in [-0.05, 0) is 44.0 Å². The van der Waals surface area contributed by atoms with Gasteiger partial charge in [0.1, 0.15) is 17.2 Å². The third kappa shape index (κ3) is 5.43. The number of carbonyl (C=O) groups excluding carboxylic acids is 1. The van der Waals surface area contributed by atoms with E-state index in [0.717, 1.165) is 11.1 Å². The first-order chi connectivity index (χ1) is 15.8. The molecule has 0 bridgehead atoms. The topological polar surface area (TPSA) is 121 Å².